The van der Waals surface area contributed by atoms with Crippen molar-refractivity contribution in [2.75, 3.05) is 26.8 Å². The van der Waals surface area contributed by atoms with E-state index in [1.807, 2.05) is 0 Å². The van der Waals surface area contributed by atoms with Crippen LogP contribution in [0.25, 0.3) is 0 Å². The molecule has 16 heavy (non-hydrogen) atoms. The minimum atomic E-state index is -0.460. The fourth-order valence-electron chi connectivity index (χ4n) is 1.05. The lowest BCUT2D eigenvalue weighted by Gasteiger charge is -2.13. The van der Waals surface area contributed by atoms with Gasteiger partial charge in [0.25, 0.3) is 0 Å². The zero-order valence-corrected chi connectivity index (χ0v) is 10.1. The van der Waals surface area contributed by atoms with Gasteiger partial charge in [-0.25, -0.2) is 4.79 Å². The molecular weight excluding hydrogens is 210 g/mol. The molecule has 0 heterocycles. The summed E-state index contributed by atoms with van der Waals surface area (Å²) < 4.78 is 4.88. The topological polar surface area (TPSA) is 79.5 Å². The smallest absolute Gasteiger partial charge is 0.321 e. The minimum absolute atomic E-state index is 0.330. The number of hydrogen-bond acceptors (Lipinski definition) is 4. The highest BCUT2D eigenvalue weighted by Gasteiger charge is 2.13. The van der Waals surface area contributed by atoms with Gasteiger partial charge in [-0.1, -0.05) is 0 Å². The fourth-order valence-corrected chi connectivity index (χ4v) is 1.05. The van der Waals surface area contributed by atoms with Gasteiger partial charge in [-0.15, -0.1) is 0 Å². The highest BCUT2D eigenvalue weighted by atomic mass is 16.5. The van der Waals surface area contributed by atoms with Crippen molar-refractivity contribution in [3.05, 3.63) is 0 Å². The molecule has 0 aromatic heterocycles. The van der Waals surface area contributed by atoms with E-state index in [0.29, 0.717) is 19.7 Å². The lowest BCUT2D eigenvalue weighted by molar-refractivity contribution is -0.121. The third-order valence-corrected chi connectivity index (χ3v) is 1.94. The van der Waals surface area contributed by atoms with Crippen LogP contribution in [0.2, 0.25) is 0 Å². The summed E-state index contributed by atoms with van der Waals surface area (Å²) in [6.07, 6.45) is 0.829. The summed E-state index contributed by atoms with van der Waals surface area (Å²) >= 11 is 0. The summed E-state index contributed by atoms with van der Waals surface area (Å²) in [5.74, 6) is -0.330. The van der Waals surface area contributed by atoms with Crippen LogP contribution in [0, 0.1) is 0 Å². The molecule has 6 nitrogen and oxygen atoms in total. The van der Waals surface area contributed by atoms with Crippen molar-refractivity contribution in [1.29, 1.82) is 0 Å². The molecule has 0 aromatic carbocycles. The number of hydrogen-bond donors (Lipinski definition) is 3. The van der Waals surface area contributed by atoms with Crippen LogP contribution >= 0.6 is 0 Å². The molecule has 0 fully saturated rings. The molecule has 0 aliphatic carbocycles. The first-order chi connectivity index (χ1) is 7.61. The first-order valence-corrected chi connectivity index (χ1v) is 5.42. The summed E-state index contributed by atoms with van der Waals surface area (Å²) in [5.41, 5.74) is 0. The Morgan fingerprint density at radius 2 is 2.06 bits per heavy atom. The molecule has 0 bridgehead atoms. The van der Waals surface area contributed by atoms with Crippen LogP contribution in [0.4, 0.5) is 4.79 Å². The van der Waals surface area contributed by atoms with Gasteiger partial charge >= 0.3 is 6.03 Å². The fraction of sp³-hybridized carbons (Fsp3) is 0.800. The van der Waals surface area contributed by atoms with Gasteiger partial charge in [0, 0.05) is 20.3 Å². The van der Waals surface area contributed by atoms with Gasteiger partial charge in [0.15, 0.2) is 0 Å². The zero-order valence-electron chi connectivity index (χ0n) is 10.1. The molecule has 0 saturated heterocycles. The van der Waals surface area contributed by atoms with Gasteiger partial charge in [-0.3, -0.25) is 10.1 Å². The van der Waals surface area contributed by atoms with E-state index in [4.69, 9.17) is 4.74 Å². The van der Waals surface area contributed by atoms with Crippen LogP contribution in [0.1, 0.15) is 20.3 Å². The van der Waals surface area contributed by atoms with Crippen LogP contribution in [0.15, 0.2) is 0 Å². The molecule has 0 aliphatic rings. The van der Waals surface area contributed by atoms with Crippen LogP contribution in [-0.4, -0.2) is 44.8 Å². The second-order valence-electron chi connectivity index (χ2n) is 3.37. The quantitative estimate of drug-likeness (QED) is 0.532. The van der Waals surface area contributed by atoms with Crippen LogP contribution in [0.5, 0.6) is 0 Å². The Labute approximate surface area is 96.1 Å². The van der Waals surface area contributed by atoms with E-state index in [0.717, 1.165) is 6.42 Å². The molecule has 3 N–H and O–H groups in total. The molecule has 0 rings (SSSR count). The predicted molar refractivity (Wildman–Crippen MR) is 61.2 cm³/mol. The second kappa shape index (κ2) is 9.11. The Morgan fingerprint density at radius 1 is 1.38 bits per heavy atom. The highest BCUT2D eigenvalue weighted by Crippen LogP contribution is 1.84. The first kappa shape index (κ1) is 14.9. The van der Waals surface area contributed by atoms with E-state index in [1.54, 1.807) is 21.0 Å². The maximum atomic E-state index is 11.4. The summed E-state index contributed by atoms with van der Waals surface area (Å²) in [6.45, 7) is 5.32. The van der Waals surface area contributed by atoms with Crippen molar-refractivity contribution in [3.63, 3.8) is 0 Å². The SMILES string of the molecule is CCNC(=O)NC(=O)C(C)NCCCOC. The Kier molecular flexibility index (Phi) is 8.46. The van der Waals surface area contributed by atoms with Crippen molar-refractivity contribution < 1.29 is 14.3 Å². The summed E-state index contributed by atoms with van der Waals surface area (Å²) in [5, 5.41) is 7.72. The van der Waals surface area contributed by atoms with E-state index in [9.17, 15) is 9.59 Å². The van der Waals surface area contributed by atoms with Crippen molar-refractivity contribution in [3.8, 4) is 0 Å². The largest absolute Gasteiger partial charge is 0.385 e. The van der Waals surface area contributed by atoms with E-state index in [1.165, 1.54) is 0 Å². The number of carbonyl (C=O) groups excluding carboxylic acids is 2. The molecule has 6 heteroatoms. The van der Waals surface area contributed by atoms with E-state index in [2.05, 4.69) is 16.0 Å². The number of nitrogens with one attached hydrogen (secondary N) is 3. The number of imide groups is 1. The van der Waals surface area contributed by atoms with Gasteiger partial charge in [0.1, 0.15) is 0 Å². The van der Waals surface area contributed by atoms with Crippen molar-refractivity contribution in [1.82, 2.24) is 16.0 Å². The number of ether oxygens (including phenoxy) is 1. The van der Waals surface area contributed by atoms with Crippen LogP contribution in [0.3, 0.4) is 0 Å². The Hall–Kier alpha value is -1.14. The maximum absolute atomic E-state index is 11.4. The number of methoxy groups -OCH3 is 1. The molecule has 0 spiro atoms. The summed E-state index contributed by atoms with van der Waals surface area (Å²) in [7, 11) is 1.63. The molecule has 0 saturated carbocycles. The zero-order chi connectivity index (χ0) is 12.4. The number of amides is 3. The average Bonchev–Trinajstić information content (AvgIpc) is 2.24. The van der Waals surface area contributed by atoms with Crippen molar-refractivity contribution in [2.24, 2.45) is 0 Å². The van der Waals surface area contributed by atoms with E-state index in [-0.39, 0.29) is 11.9 Å². The monoisotopic (exact) mass is 231 g/mol. The molecule has 0 aliphatic heterocycles. The standard InChI is InChI=1S/C10H21N3O3/c1-4-11-10(15)13-9(14)8(2)12-6-5-7-16-3/h8,12H,4-7H2,1-3H3,(H2,11,13,14,15). The van der Waals surface area contributed by atoms with Crippen LogP contribution in [-0.2, 0) is 9.53 Å². The highest BCUT2D eigenvalue weighted by molar-refractivity contribution is 5.96. The Morgan fingerprint density at radius 3 is 2.62 bits per heavy atom. The van der Waals surface area contributed by atoms with Gasteiger partial charge in [0.2, 0.25) is 5.91 Å². The minimum Gasteiger partial charge on any atom is -0.385 e. The molecule has 1 unspecified atom stereocenters. The molecule has 1 atom stereocenters. The number of urea groups is 1. The number of carbonyl (C=O) groups is 2. The van der Waals surface area contributed by atoms with Crippen molar-refractivity contribution in [2.45, 2.75) is 26.3 Å². The second-order valence-corrected chi connectivity index (χ2v) is 3.37. The number of rotatable bonds is 7. The van der Waals surface area contributed by atoms with Crippen LogP contribution < -0.4 is 16.0 Å². The lowest BCUT2D eigenvalue weighted by Crippen LogP contribution is -2.48. The molecule has 94 valence electrons. The summed E-state index contributed by atoms with van der Waals surface area (Å²) in [4.78, 5) is 22.5. The average molecular weight is 231 g/mol. The maximum Gasteiger partial charge on any atom is 0.321 e. The van der Waals surface area contributed by atoms with Gasteiger partial charge in [-0.2, -0.15) is 0 Å². The molecule has 0 radical (unpaired) electrons. The van der Waals surface area contributed by atoms with Gasteiger partial charge in [0.05, 0.1) is 6.04 Å². The molecule has 0 aromatic rings. The lowest BCUT2D eigenvalue weighted by atomic mass is 10.3. The third kappa shape index (κ3) is 7.19. The normalized spacial score (nSPS) is 11.9. The molecular formula is C10H21N3O3. The first-order valence-electron chi connectivity index (χ1n) is 5.42. The van der Waals surface area contributed by atoms with E-state index < -0.39 is 6.03 Å². The Balaban J connectivity index is 3.68. The van der Waals surface area contributed by atoms with Crippen molar-refractivity contribution >= 4 is 11.9 Å². The molecule has 3 amide bonds. The Bertz CT molecular complexity index is 221. The van der Waals surface area contributed by atoms with Gasteiger partial charge in [-0.05, 0) is 26.8 Å². The predicted octanol–water partition coefficient (Wildman–Crippen LogP) is -0.153. The van der Waals surface area contributed by atoms with Gasteiger partial charge < -0.3 is 15.4 Å². The van der Waals surface area contributed by atoms with E-state index >= 15 is 0 Å². The third-order valence-electron chi connectivity index (χ3n) is 1.94. The summed E-state index contributed by atoms with van der Waals surface area (Å²) in [6, 6.07) is -0.850.